The van der Waals surface area contributed by atoms with Crippen LogP contribution in [0.25, 0.3) is 0 Å². The summed E-state index contributed by atoms with van der Waals surface area (Å²) >= 11 is 0. The minimum Gasteiger partial charge on any atom is -0.378 e. The van der Waals surface area contributed by atoms with Crippen molar-refractivity contribution in [2.45, 2.75) is 17.9 Å². The van der Waals surface area contributed by atoms with Gasteiger partial charge in [-0.2, -0.15) is 0 Å². The standard InChI is InChI=1S/C19H27N3O2S/c1-15-8-6-7-9-19(15)25(23,24)20-14-18(22(4)5)16-10-12-17(13-11-16)21(2)3/h6-13,18,20H,14H2,1-5H3/p+1/t18-/m0/s1. The number of hydrogen-bond acceptors (Lipinski definition) is 3. The predicted molar refractivity (Wildman–Crippen MR) is 103 cm³/mol. The Balaban J connectivity index is 2.18. The molecule has 5 nitrogen and oxygen atoms in total. The summed E-state index contributed by atoms with van der Waals surface area (Å²) in [5.74, 6) is 0. The summed E-state index contributed by atoms with van der Waals surface area (Å²) in [6.45, 7) is 2.16. The number of quaternary nitrogens is 1. The van der Waals surface area contributed by atoms with Gasteiger partial charge in [-0.25, -0.2) is 13.1 Å². The van der Waals surface area contributed by atoms with Gasteiger partial charge in [0.15, 0.2) is 0 Å². The van der Waals surface area contributed by atoms with E-state index in [9.17, 15) is 8.42 Å². The highest BCUT2D eigenvalue weighted by Crippen LogP contribution is 2.18. The van der Waals surface area contributed by atoms with Gasteiger partial charge in [0, 0.05) is 25.3 Å². The Morgan fingerprint density at radius 3 is 2.16 bits per heavy atom. The van der Waals surface area contributed by atoms with Gasteiger partial charge in [-0.15, -0.1) is 0 Å². The van der Waals surface area contributed by atoms with Crippen LogP contribution in [0.4, 0.5) is 5.69 Å². The van der Waals surface area contributed by atoms with Crippen LogP contribution in [0.3, 0.4) is 0 Å². The molecule has 0 amide bonds. The van der Waals surface area contributed by atoms with Crippen molar-refractivity contribution in [3.05, 3.63) is 59.7 Å². The number of sulfonamides is 1. The number of rotatable bonds is 7. The molecule has 0 saturated heterocycles. The Bertz CT molecular complexity index is 800. The zero-order chi connectivity index (χ0) is 18.6. The third-order valence-electron chi connectivity index (χ3n) is 4.37. The number of aryl methyl sites for hydroxylation is 1. The molecular formula is C19H28N3O2S+. The molecule has 0 saturated carbocycles. The van der Waals surface area contributed by atoms with E-state index in [4.69, 9.17) is 0 Å². The van der Waals surface area contributed by atoms with Crippen molar-refractivity contribution < 1.29 is 13.3 Å². The topological polar surface area (TPSA) is 53.9 Å². The third-order valence-corrected chi connectivity index (χ3v) is 5.95. The van der Waals surface area contributed by atoms with E-state index in [1.807, 2.05) is 52.1 Å². The Labute approximate surface area is 151 Å². The van der Waals surface area contributed by atoms with E-state index in [-0.39, 0.29) is 6.04 Å². The molecule has 25 heavy (non-hydrogen) atoms. The van der Waals surface area contributed by atoms with Crippen LogP contribution in [0.5, 0.6) is 0 Å². The Hall–Kier alpha value is -1.89. The monoisotopic (exact) mass is 362 g/mol. The molecule has 0 fully saturated rings. The Kier molecular flexibility index (Phi) is 6.21. The number of nitrogens with zero attached hydrogens (tertiary/aromatic N) is 1. The second-order valence-corrected chi connectivity index (χ2v) is 8.47. The van der Waals surface area contributed by atoms with Gasteiger partial charge in [0.05, 0.1) is 25.5 Å². The minimum absolute atomic E-state index is 0.0370. The molecule has 0 unspecified atom stereocenters. The van der Waals surface area contributed by atoms with Gasteiger partial charge in [0.1, 0.15) is 6.04 Å². The van der Waals surface area contributed by atoms with Crippen molar-refractivity contribution in [2.24, 2.45) is 0 Å². The molecule has 0 aliphatic rings. The molecule has 136 valence electrons. The lowest BCUT2D eigenvalue weighted by atomic mass is 10.1. The number of hydrogen-bond donors (Lipinski definition) is 2. The minimum atomic E-state index is -3.52. The van der Waals surface area contributed by atoms with Gasteiger partial charge in [0.25, 0.3) is 0 Å². The number of anilines is 1. The second kappa shape index (κ2) is 7.99. The molecular weight excluding hydrogens is 334 g/mol. The van der Waals surface area contributed by atoms with E-state index in [1.165, 1.54) is 4.90 Å². The van der Waals surface area contributed by atoms with Crippen molar-refractivity contribution in [2.75, 3.05) is 39.6 Å². The summed E-state index contributed by atoms with van der Waals surface area (Å²) in [5.41, 5.74) is 2.98. The van der Waals surface area contributed by atoms with Gasteiger partial charge in [-0.1, -0.05) is 30.3 Å². The van der Waals surface area contributed by atoms with Gasteiger partial charge in [0.2, 0.25) is 10.0 Å². The molecule has 0 spiro atoms. The molecule has 2 rings (SSSR count). The average Bonchev–Trinajstić information content (AvgIpc) is 2.55. The second-order valence-electron chi connectivity index (χ2n) is 6.73. The van der Waals surface area contributed by atoms with Crippen molar-refractivity contribution in [3.63, 3.8) is 0 Å². The first-order chi connectivity index (χ1) is 11.7. The maximum Gasteiger partial charge on any atom is 0.241 e. The first kappa shape index (κ1) is 19.4. The molecule has 0 aliphatic heterocycles. The largest absolute Gasteiger partial charge is 0.378 e. The van der Waals surface area contributed by atoms with Crippen molar-refractivity contribution in [1.29, 1.82) is 0 Å². The number of nitrogens with one attached hydrogen (secondary N) is 2. The summed E-state index contributed by atoms with van der Waals surface area (Å²) < 4.78 is 28.0. The van der Waals surface area contributed by atoms with Gasteiger partial charge >= 0.3 is 0 Å². The molecule has 1 atom stereocenters. The first-order valence-electron chi connectivity index (χ1n) is 8.35. The van der Waals surface area contributed by atoms with Gasteiger partial charge < -0.3 is 9.80 Å². The molecule has 0 aliphatic carbocycles. The van der Waals surface area contributed by atoms with Crippen LogP contribution < -0.4 is 14.5 Å². The molecule has 6 heteroatoms. The van der Waals surface area contributed by atoms with Crippen LogP contribution in [0, 0.1) is 6.92 Å². The van der Waals surface area contributed by atoms with E-state index in [0.717, 1.165) is 16.8 Å². The maximum atomic E-state index is 12.6. The number of benzene rings is 2. The van der Waals surface area contributed by atoms with Crippen LogP contribution in [0.1, 0.15) is 17.2 Å². The highest BCUT2D eigenvalue weighted by atomic mass is 32.2. The molecule has 2 aromatic carbocycles. The molecule has 0 heterocycles. The van der Waals surface area contributed by atoms with Crippen molar-refractivity contribution in [3.8, 4) is 0 Å². The molecule has 0 bridgehead atoms. The Morgan fingerprint density at radius 1 is 1.04 bits per heavy atom. The maximum absolute atomic E-state index is 12.6. The van der Waals surface area contributed by atoms with E-state index < -0.39 is 10.0 Å². The van der Waals surface area contributed by atoms with Crippen LogP contribution in [0.15, 0.2) is 53.4 Å². The lowest BCUT2D eigenvalue weighted by Gasteiger charge is -2.23. The lowest BCUT2D eigenvalue weighted by Crippen LogP contribution is -3.07. The average molecular weight is 363 g/mol. The summed E-state index contributed by atoms with van der Waals surface area (Å²) in [6, 6.07) is 15.3. The SMILES string of the molecule is Cc1ccccc1S(=O)(=O)NC[C@@H](c1ccc(N(C)C)cc1)[NH+](C)C. The van der Waals surface area contributed by atoms with Crippen LogP contribution in [-0.2, 0) is 10.0 Å². The smallest absolute Gasteiger partial charge is 0.241 e. The summed E-state index contributed by atoms with van der Waals surface area (Å²) in [6.07, 6.45) is 0. The van der Waals surface area contributed by atoms with Crippen molar-refractivity contribution in [1.82, 2.24) is 4.72 Å². The molecule has 2 N–H and O–H groups in total. The molecule has 0 aromatic heterocycles. The predicted octanol–water partition coefficient (Wildman–Crippen LogP) is 1.23. The highest BCUT2D eigenvalue weighted by molar-refractivity contribution is 7.89. The zero-order valence-corrected chi connectivity index (χ0v) is 16.4. The fourth-order valence-corrected chi connectivity index (χ4v) is 4.08. The van der Waals surface area contributed by atoms with Crippen LogP contribution in [0.2, 0.25) is 0 Å². The third kappa shape index (κ3) is 4.81. The summed E-state index contributed by atoms with van der Waals surface area (Å²) in [4.78, 5) is 3.55. The van der Waals surface area contributed by atoms with Crippen LogP contribution >= 0.6 is 0 Å². The zero-order valence-electron chi connectivity index (χ0n) is 15.6. The summed E-state index contributed by atoms with van der Waals surface area (Å²) in [5, 5.41) is 0. The molecule has 0 radical (unpaired) electrons. The van der Waals surface area contributed by atoms with Crippen molar-refractivity contribution >= 4 is 15.7 Å². The van der Waals surface area contributed by atoms with Crippen LogP contribution in [-0.4, -0.2) is 43.2 Å². The quantitative estimate of drug-likeness (QED) is 0.779. The fourth-order valence-electron chi connectivity index (χ4n) is 2.79. The van der Waals surface area contributed by atoms with E-state index >= 15 is 0 Å². The first-order valence-corrected chi connectivity index (χ1v) is 9.83. The van der Waals surface area contributed by atoms with E-state index in [2.05, 4.69) is 29.0 Å². The summed E-state index contributed by atoms with van der Waals surface area (Å²) in [7, 11) is 4.55. The van der Waals surface area contributed by atoms with Gasteiger partial charge in [-0.05, 0) is 30.7 Å². The fraction of sp³-hybridized carbons (Fsp3) is 0.368. The van der Waals surface area contributed by atoms with E-state index in [0.29, 0.717) is 11.4 Å². The normalized spacial score (nSPS) is 13.0. The lowest BCUT2D eigenvalue weighted by molar-refractivity contribution is -0.890. The van der Waals surface area contributed by atoms with E-state index in [1.54, 1.807) is 12.1 Å². The Morgan fingerprint density at radius 2 is 1.64 bits per heavy atom. The number of likely N-dealkylation sites (N-methyl/N-ethyl adjacent to an activating group) is 1. The van der Waals surface area contributed by atoms with Gasteiger partial charge in [-0.3, -0.25) is 0 Å². The molecule has 2 aromatic rings. The highest BCUT2D eigenvalue weighted by Gasteiger charge is 2.23.